The molecule has 0 fully saturated rings. The molecule has 1 heterocycles. The molecule has 8 heteroatoms. The molecule has 0 saturated heterocycles. The van der Waals surface area contributed by atoms with Crippen LogP contribution >= 0.6 is 11.3 Å². The number of benzene rings is 2. The second-order valence-electron chi connectivity index (χ2n) is 6.81. The quantitative estimate of drug-likeness (QED) is 0.528. The molecule has 0 bridgehead atoms. The van der Waals surface area contributed by atoms with Gasteiger partial charge in [-0.1, -0.05) is 30.3 Å². The fraction of sp³-hybridized carbons (Fsp3) is 0.174. The third kappa shape index (κ3) is 5.76. The predicted molar refractivity (Wildman–Crippen MR) is 117 cm³/mol. The van der Waals surface area contributed by atoms with Crippen LogP contribution in [0.25, 0.3) is 0 Å². The molecule has 31 heavy (non-hydrogen) atoms. The summed E-state index contributed by atoms with van der Waals surface area (Å²) < 4.78 is 18.4. The average Bonchev–Trinajstić information content (AvgIpc) is 3.29. The number of hydrogen-bond acceptors (Lipinski definition) is 5. The summed E-state index contributed by atoms with van der Waals surface area (Å²) in [5, 5.41) is 7.20. The van der Waals surface area contributed by atoms with Crippen molar-refractivity contribution >= 4 is 34.8 Å². The Morgan fingerprint density at radius 1 is 0.968 bits per heavy atom. The number of anilines is 1. The van der Waals surface area contributed by atoms with E-state index in [4.69, 9.17) is 4.74 Å². The minimum atomic E-state index is -1.07. The highest BCUT2D eigenvalue weighted by Gasteiger charge is 2.23. The molecule has 1 aromatic heterocycles. The van der Waals surface area contributed by atoms with Crippen molar-refractivity contribution in [3.8, 4) is 0 Å². The number of amides is 2. The van der Waals surface area contributed by atoms with E-state index in [2.05, 4.69) is 10.6 Å². The normalized spacial score (nSPS) is 12.5. The van der Waals surface area contributed by atoms with Crippen molar-refractivity contribution in [2.75, 3.05) is 5.32 Å². The standard InChI is InChI=1S/C23H21FN2O4S/c1-14(16-9-11-17(24)12-10-16)25-21(27)15(2)30-23(29)18-6-3-4-7-19(18)26-22(28)20-8-5-13-31-20/h3-15H,1-2H3,(H,25,27)(H,26,28). The maximum atomic E-state index is 13.1. The molecule has 2 amide bonds. The number of nitrogens with one attached hydrogen (secondary N) is 2. The van der Waals surface area contributed by atoms with Crippen LogP contribution in [0.1, 0.15) is 45.5 Å². The molecule has 0 aliphatic heterocycles. The Hall–Kier alpha value is -3.52. The van der Waals surface area contributed by atoms with Gasteiger partial charge in [0.15, 0.2) is 6.10 Å². The Morgan fingerprint density at radius 3 is 2.35 bits per heavy atom. The van der Waals surface area contributed by atoms with Crippen LogP contribution in [0.3, 0.4) is 0 Å². The zero-order valence-electron chi connectivity index (χ0n) is 16.9. The van der Waals surface area contributed by atoms with Gasteiger partial charge in [-0.2, -0.15) is 0 Å². The van der Waals surface area contributed by atoms with Crippen LogP contribution in [0.4, 0.5) is 10.1 Å². The van der Waals surface area contributed by atoms with Crippen LogP contribution in [0.5, 0.6) is 0 Å². The van der Waals surface area contributed by atoms with Crippen LogP contribution in [0.2, 0.25) is 0 Å². The second kappa shape index (κ2) is 9.99. The van der Waals surface area contributed by atoms with Gasteiger partial charge in [0.2, 0.25) is 0 Å². The lowest BCUT2D eigenvalue weighted by Crippen LogP contribution is -2.37. The number of ether oxygens (including phenoxy) is 1. The Kier molecular flexibility index (Phi) is 7.15. The number of halogens is 1. The molecule has 0 aliphatic carbocycles. The number of carbonyl (C=O) groups is 3. The van der Waals surface area contributed by atoms with E-state index in [0.717, 1.165) is 5.56 Å². The maximum Gasteiger partial charge on any atom is 0.341 e. The van der Waals surface area contributed by atoms with Crippen LogP contribution in [0, 0.1) is 5.82 Å². The van der Waals surface area contributed by atoms with E-state index in [1.54, 1.807) is 54.8 Å². The van der Waals surface area contributed by atoms with Gasteiger partial charge in [-0.25, -0.2) is 9.18 Å². The summed E-state index contributed by atoms with van der Waals surface area (Å²) in [5.41, 5.74) is 1.15. The highest BCUT2D eigenvalue weighted by atomic mass is 32.1. The zero-order chi connectivity index (χ0) is 22.4. The van der Waals surface area contributed by atoms with Gasteiger partial charge in [0.05, 0.1) is 22.2 Å². The highest BCUT2D eigenvalue weighted by molar-refractivity contribution is 7.12. The topological polar surface area (TPSA) is 84.5 Å². The molecule has 3 aromatic rings. The van der Waals surface area contributed by atoms with Crippen molar-refractivity contribution in [1.82, 2.24) is 5.32 Å². The van der Waals surface area contributed by atoms with Crippen molar-refractivity contribution in [2.24, 2.45) is 0 Å². The molecular formula is C23H21FN2O4S. The van der Waals surface area contributed by atoms with E-state index in [-0.39, 0.29) is 23.0 Å². The lowest BCUT2D eigenvalue weighted by Gasteiger charge is -2.19. The SMILES string of the molecule is CC(OC(=O)c1ccccc1NC(=O)c1cccs1)C(=O)NC(C)c1ccc(F)cc1. The van der Waals surface area contributed by atoms with Crippen molar-refractivity contribution in [3.05, 3.63) is 87.9 Å². The van der Waals surface area contributed by atoms with Crippen LogP contribution in [-0.4, -0.2) is 23.9 Å². The minimum Gasteiger partial charge on any atom is -0.449 e. The van der Waals surface area contributed by atoms with E-state index in [0.29, 0.717) is 4.88 Å². The van der Waals surface area contributed by atoms with Crippen molar-refractivity contribution in [3.63, 3.8) is 0 Å². The van der Waals surface area contributed by atoms with Crippen LogP contribution in [0.15, 0.2) is 66.0 Å². The summed E-state index contributed by atoms with van der Waals surface area (Å²) in [7, 11) is 0. The summed E-state index contributed by atoms with van der Waals surface area (Å²) in [4.78, 5) is 37.9. The first kappa shape index (κ1) is 22.2. The first-order chi connectivity index (χ1) is 14.8. The predicted octanol–water partition coefficient (Wildman–Crippen LogP) is 4.56. The minimum absolute atomic E-state index is 0.138. The number of hydrogen-bond donors (Lipinski definition) is 2. The zero-order valence-corrected chi connectivity index (χ0v) is 17.7. The molecule has 160 valence electrons. The molecule has 0 aliphatic rings. The van der Waals surface area contributed by atoms with E-state index >= 15 is 0 Å². The summed E-state index contributed by atoms with van der Waals surface area (Å²) in [6, 6.07) is 15.2. The summed E-state index contributed by atoms with van der Waals surface area (Å²) in [6.45, 7) is 3.20. The lowest BCUT2D eigenvalue weighted by atomic mass is 10.1. The molecule has 0 saturated carbocycles. The van der Waals surface area contributed by atoms with Gasteiger partial charge >= 0.3 is 5.97 Å². The largest absolute Gasteiger partial charge is 0.449 e. The van der Waals surface area contributed by atoms with Gasteiger partial charge in [-0.15, -0.1) is 11.3 Å². The third-order valence-electron chi connectivity index (χ3n) is 4.52. The van der Waals surface area contributed by atoms with E-state index in [1.807, 2.05) is 0 Å². The molecule has 2 aromatic carbocycles. The molecule has 2 atom stereocenters. The molecule has 0 radical (unpaired) electrons. The van der Waals surface area contributed by atoms with Crippen molar-refractivity contribution in [2.45, 2.75) is 26.0 Å². The van der Waals surface area contributed by atoms with Gasteiger partial charge in [-0.05, 0) is 55.1 Å². The van der Waals surface area contributed by atoms with Gasteiger partial charge in [0.25, 0.3) is 11.8 Å². The number of carbonyl (C=O) groups excluding carboxylic acids is 3. The maximum absolute atomic E-state index is 13.1. The number of esters is 1. The van der Waals surface area contributed by atoms with Gasteiger partial charge in [0, 0.05) is 0 Å². The van der Waals surface area contributed by atoms with E-state index < -0.39 is 24.0 Å². The monoisotopic (exact) mass is 440 g/mol. The highest BCUT2D eigenvalue weighted by Crippen LogP contribution is 2.20. The fourth-order valence-electron chi connectivity index (χ4n) is 2.80. The number of thiophene rings is 1. The Labute approximate surface area is 183 Å². The molecular weight excluding hydrogens is 419 g/mol. The van der Waals surface area contributed by atoms with Gasteiger partial charge in [0.1, 0.15) is 5.82 Å². The average molecular weight is 440 g/mol. The van der Waals surface area contributed by atoms with Crippen molar-refractivity contribution < 1.29 is 23.5 Å². The van der Waals surface area contributed by atoms with Gasteiger partial charge < -0.3 is 15.4 Å². The Bertz CT molecular complexity index is 1070. The third-order valence-corrected chi connectivity index (χ3v) is 5.39. The number of para-hydroxylation sites is 1. The molecule has 6 nitrogen and oxygen atoms in total. The van der Waals surface area contributed by atoms with Gasteiger partial charge in [-0.3, -0.25) is 9.59 Å². The summed E-state index contributed by atoms with van der Waals surface area (Å²) in [6.07, 6.45) is -1.07. The second-order valence-corrected chi connectivity index (χ2v) is 7.75. The van der Waals surface area contributed by atoms with E-state index in [9.17, 15) is 18.8 Å². The number of rotatable bonds is 7. The van der Waals surface area contributed by atoms with Crippen LogP contribution in [-0.2, 0) is 9.53 Å². The first-order valence-corrected chi connectivity index (χ1v) is 10.4. The molecule has 2 N–H and O–H groups in total. The smallest absolute Gasteiger partial charge is 0.341 e. The summed E-state index contributed by atoms with van der Waals surface area (Å²) in [5.74, 6) is -1.94. The van der Waals surface area contributed by atoms with Crippen LogP contribution < -0.4 is 10.6 Å². The Balaban J connectivity index is 1.63. The Morgan fingerprint density at radius 2 is 1.68 bits per heavy atom. The lowest BCUT2D eigenvalue weighted by molar-refractivity contribution is -0.129. The summed E-state index contributed by atoms with van der Waals surface area (Å²) >= 11 is 1.28. The van der Waals surface area contributed by atoms with E-state index in [1.165, 1.54) is 36.5 Å². The molecule has 2 unspecified atom stereocenters. The fourth-order valence-corrected chi connectivity index (χ4v) is 3.42. The first-order valence-electron chi connectivity index (χ1n) is 9.56. The van der Waals surface area contributed by atoms with Crippen molar-refractivity contribution in [1.29, 1.82) is 0 Å². The molecule has 0 spiro atoms. The molecule has 3 rings (SSSR count).